The van der Waals surface area contributed by atoms with Gasteiger partial charge >= 0.3 is 0 Å². The molecule has 0 radical (unpaired) electrons. The molecule has 0 aliphatic carbocycles. The number of hydrogen-bond donors (Lipinski definition) is 1. The quantitative estimate of drug-likeness (QED) is 0.607. The Morgan fingerprint density at radius 3 is 2.93 bits per heavy atom. The van der Waals surface area contributed by atoms with Gasteiger partial charge in [0.25, 0.3) is 0 Å². The van der Waals surface area contributed by atoms with Crippen molar-refractivity contribution >= 4 is 40.3 Å². The molecule has 0 N–H and O–H groups in total. The maximum absolute atomic E-state index is 10.8. The van der Waals surface area contributed by atoms with E-state index >= 15 is 0 Å². The van der Waals surface area contributed by atoms with E-state index < -0.39 is 0 Å². The van der Waals surface area contributed by atoms with Gasteiger partial charge in [-0.25, -0.2) is 0 Å². The number of carbonyl (C=O) groups is 1. The van der Waals surface area contributed by atoms with Gasteiger partial charge in [-0.2, -0.15) is 0 Å². The number of benzene rings is 1. The Labute approximate surface area is 92.2 Å². The van der Waals surface area contributed by atoms with E-state index in [0.29, 0.717) is 0 Å². The van der Waals surface area contributed by atoms with Crippen LogP contribution in [-0.2, 0) is 6.42 Å². The highest BCUT2D eigenvalue weighted by Gasteiger charge is 2.07. The van der Waals surface area contributed by atoms with Crippen molar-refractivity contribution in [2.45, 2.75) is 18.2 Å². The van der Waals surface area contributed by atoms with Crippen molar-refractivity contribution in [3.8, 4) is 0 Å². The molecule has 0 amide bonds. The lowest BCUT2D eigenvalue weighted by Gasteiger charge is -2.01. The monoisotopic (exact) mass is 222 g/mol. The first kappa shape index (κ1) is 9.74. The van der Waals surface area contributed by atoms with Crippen LogP contribution in [0.1, 0.15) is 22.8 Å². The standard InChI is InChI=1S/C11H10OS2/c1-2-7-3-9(13)11-8(5-12)6-14-10(11)4-7/h3-6,13H,2H2,1H3. The van der Waals surface area contributed by atoms with Gasteiger partial charge in [-0.1, -0.05) is 6.92 Å². The molecule has 0 spiro atoms. The molecule has 0 unspecified atom stereocenters. The van der Waals surface area contributed by atoms with Crippen molar-refractivity contribution in [2.24, 2.45) is 0 Å². The number of thiophene rings is 1. The molecule has 1 aromatic heterocycles. The summed E-state index contributed by atoms with van der Waals surface area (Å²) < 4.78 is 1.15. The molecule has 3 heteroatoms. The summed E-state index contributed by atoms with van der Waals surface area (Å²) in [6.45, 7) is 2.11. The van der Waals surface area contributed by atoms with Gasteiger partial charge in [-0.15, -0.1) is 24.0 Å². The number of aldehydes is 1. The van der Waals surface area contributed by atoms with Crippen molar-refractivity contribution in [3.63, 3.8) is 0 Å². The van der Waals surface area contributed by atoms with Gasteiger partial charge in [0.15, 0.2) is 6.29 Å². The highest BCUT2D eigenvalue weighted by molar-refractivity contribution is 7.80. The highest BCUT2D eigenvalue weighted by Crippen LogP contribution is 2.31. The number of rotatable bonds is 2. The minimum atomic E-state index is 0.748. The first-order chi connectivity index (χ1) is 6.76. The van der Waals surface area contributed by atoms with Crippen molar-refractivity contribution < 1.29 is 4.79 Å². The molecule has 0 aliphatic rings. The fourth-order valence-electron chi connectivity index (χ4n) is 1.52. The Balaban J connectivity index is 2.78. The molecule has 14 heavy (non-hydrogen) atoms. The Hall–Kier alpha value is -0.800. The van der Waals surface area contributed by atoms with Crippen molar-refractivity contribution in [3.05, 3.63) is 28.6 Å². The Bertz CT molecular complexity index is 485. The lowest BCUT2D eigenvalue weighted by molar-refractivity contribution is 0.112. The van der Waals surface area contributed by atoms with Gasteiger partial charge in [0.05, 0.1) is 0 Å². The summed E-state index contributed by atoms with van der Waals surface area (Å²) in [4.78, 5) is 11.7. The molecular weight excluding hydrogens is 212 g/mol. The second kappa shape index (κ2) is 3.75. The zero-order valence-electron chi connectivity index (χ0n) is 7.78. The highest BCUT2D eigenvalue weighted by atomic mass is 32.1. The van der Waals surface area contributed by atoms with E-state index in [1.54, 1.807) is 11.3 Å². The van der Waals surface area contributed by atoms with Gasteiger partial charge < -0.3 is 0 Å². The zero-order chi connectivity index (χ0) is 10.1. The summed E-state index contributed by atoms with van der Waals surface area (Å²) in [6.07, 6.45) is 1.89. The van der Waals surface area contributed by atoms with Gasteiger partial charge in [-0.05, 0) is 24.1 Å². The molecule has 2 aromatic rings. The van der Waals surface area contributed by atoms with Gasteiger partial charge in [-0.3, -0.25) is 4.79 Å². The molecule has 0 saturated carbocycles. The van der Waals surface area contributed by atoms with E-state index in [2.05, 4.69) is 25.6 Å². The van der Waals surface area contributed by atoms with Crippen LogP contribution < -0.4 is 0 Å². The Kier molecular flexibility index (Phi) is 2.61. The summed E-state index contributed by atoms with van der Waals surface area (Å²) in [5.41, 5.74) is 2.01. The summed E-state index contributed by atoms with van der Waals surface area (Å²) in [5.74, 6) is 0. The molecule has 0 aliphatic heterocycles. The van der Waals surface area contributed by atoms with Crippen molar-refractivity contribution in [1.82, 2.24) is 0 Å². The second-order valence-corrected chi connectivity index (χ2v) is 4.54. The lowest BCUT2D eigenvalue weighted by Crippen LogP contribution is -1.82. The van der Waals surface area contributed by atoms with E-state index in [4.69, 9.17) is 0 Å². The molecule has 0 fully saturated rings. The van der Waals surface area contributed by atoms with Crippen LogP contribution in [0.3, 0.4) is 0 Å². The third-order valence-corrected chi connectivity index (χ3v) is 3.58. The largest absolute Gasteiger partial charge is 0.298 e. The van der Waals surface area contributed by atoms with Crippen LogP contribution in [0.25, 0.3) is 10.1 Å². The minimum absolute atomic E-state index is 0.748. The SMILES string of the molecule is CCc1cc(S)c2c(C=O)csc2c1. The maximum Gasteiger partial charge on any atom is 0.151 e. The molecule has 72 valence electrons. The van der Waals surface area contributed by atoms with Crippen LogP contribution in [0.5, 0.6) is 0 Å². The molecule has 0 bridgehead atoms. The summed E-state index contributed by atoms with van der Waals surface area (Å²) in [6, 6.07) is 4.16. The van der Waals surface area contributed by atoms with Crippen LogP contribution >= 0.6 is 24.0 Å². The first-order valence-electron chi connectivity index (χ1n) is 4.44. The normalized spacial score (nSPS) is 10.7. The average molecular weight is 222 g/mol. The van der Waals surface area contributed by atoms with E-state index in [-0.39, 0.29) is 0 Å². The van der Waals surface area contributed by atoms with Gasteiger partial charge in [0.1, 0.15) is 0 Å². The van der Waals surface area contributed by atoms with E-state index in [1.807, 2.05) is 11.4 Å². The van der Waals surface area contributed by atoms with Gasteiger partial charge in [0, 0.05) is 25.9 Å². The number of thiol groups is 1. The van der Waals surface area contributed by atoms with Crippen LogP contribution in [0, 0.1) is 0 Å². The number of carbonyl (C=O) groups excluding carboxylic acids is 1. The van der Waals surface area contributed by atoms with E-state index in [1.165, 1.54) is 5.56 Å². The van der Waals surface area contributed by atoms with Crippen molar-refractivity contribution in [1.29, 1.82) is 0 Å². The predicted octanol–water partition coefficient (Wildman–Crippen LogP) is 3.56. The molecule has 1 aromatic carbocycles. The smallest absolute Gasteiger partial charge is 0.151 e. The van der Waals surface area contributed by atoms with Crippen LogP contribution in [0.15, 0.2) is 22.4 Å². The average Bonchev–Trinajstić information content (AvgIpc) is 2.61. The third kappa shape index (κ3) is 1.47. The van der Waals surface area contributed by atoms with Crippen LogP contribution in [0.2, 0.25) is 0 Å². The number of aryl methyl sites for hydroxylation is 1. The van der Waals surface area contributed by atoms with E-state index in [0.717, 1.165) is 33.3 Å². The lowest BCUT2D eigenvalue weighted by atomic mass is 10.1. The number of fused-ring (bicyclic) bond motifs is 1. The molecule has 1 heterocycles. The Morgan fingerprint density at radius 2 is 2.29 bits per heavy atom. The number of hydrogen-bond acceptors (Lipinski definition) is 3. The fourth-order valence-corrected chi connectivity index (χ4v) is 3.00. The van der Waals surface area contributed by atoms with Crippen molar-refractivity contribution in [2.75, 3.05) is 0 Å². The molecular formula is C11H10OS2. The molecule has 2 rings (SSSR count). The summed E-state index contributed by atoms with van der Waals surface area (Å²) >= 11 is 6.01. The van der Waals surface area contributed by atoms with Crippen LogP contribution in [0.4, 0.5) is 0 Å². The molecule has 0 atom stereocenters. The third-order valence-electron chi connectivity index (χ3n) is 2.28. The molecule has 1 nitrogen and oxygen atoms in total. The Morgan fingerprint density at radius 1 is 1.50 bits per heavy atom. The molecule has 0 saturated heterocycles. The first-order valence-corrected chi connectivity index (χ1v) is 5.77. The predicted molar refractivity (Wildman–Crippen MR) is 63.8 cm³/mol. The second-order valence-electron chi connectivity index (χ2n) is 3.15. The van der Waals surface area contributed by atoms with Crippen LogP contribution in [-0.4, -0.2) is 6.29 Å². The fraction of sp³-hybridized carbons (Fsp3) is 0.182. The summed E-state index contributed by atoms with van der Waals surface area (Å²) in [7, 11) is 0. The zero-order valence-corrected chi connectivity index (χ0v) is 9.49. The summed E-state index contributed by atoms with van der Waals surface area (Å²) in [5, 5.41) is 2.88. The minimum Gasteiger partial charge on any atom is -0.298 e. The topological polar surface area (TPSA) is 17.1 Å². The van der Waals surface area contributed by atoms with E-state index in [9.17, 15) is 4.79 Å². The van der Waals surface area contributed by atoms with Gasteiger partial charge in [0.2, 0.25) is 0 Å². The maximum atomic E-state index is 10.8.